The monoisotopic (exact) mass is 638 g/mol. The summed E-state index contributed by atoms with van der Waals surface area (Å²) in [4.78, 5) is 4.54. The van der Waals surface area contributed by atoms with Gasteiger partial charge < -0.3 is 8.97 Å². The van der Waals surface area contributed by atoms with Crippen molar-refractivity contribution < 1.29 is 0 Å². The summed E-state index contributed by atoms with van der Waals surface area (Å²) in [6.07, 6.45) is 4.19. The normalized spacial score (nSPS) is 12.5. The average Bonchev–Trinajstić information content (AvgIpc) is 3.89. The molecule has 0 unspecified atom stereocenters. The van der Waals surface area contributed by atoms with Crippen LogP contribution in [0.4, 0.5) is 5.82 Å². The number of para-hydroxylation sites is 3. The van der Waals surface area contributed by atoms with E-state index < -0.39 is 0 Å². The lowest BCUT2D eigenvalue weighted by molar-refractivity contribution is 1.10. The molecule has 0 amide bonds. The highest BCUT2D eigenvalue weighted by atomic mass is 15.1. The number of allylic oxidation sites excluding steroid dienone is 1. The second-order valence-electron chi connectivity index (χ2n) is 13.2. The maximum absolute atomic E-state index is 4.54. The van der Waals surface area contributed by atoms with Crippen molar-refractivity contribution >= 4 is 100 Å². The lowest BCUT2D eigenvalue weighted by Crippen LogP contribution is -1.98. The average molecular weight is 639 g/mol. The first-order valence-electron chi connectivity index (χ1n) is 17.1. The minimum atomic E-state index is 0.847. The van der Waals surface area contributed by atoms with Gasteiger partial charge in [-0.1, -0.05) is 103 Å². The first-order chi connectivity index (χ1) is 24.8. The first kappa shape index (κ1) is 27.3. The fourth-order valence-corrected chi connectivity index (χ4v) is 8.77. The topological polar surface area (TPSA) is 26.6 Å². The van der Waals surface area contributed by atoms with Crippen molar-refractivity contribution in [1.82, 2.24) is 13.5 Å². The molecule has 0 spiro atoms. The van der Waals surface area contributed by atoms with Crippen LogP contribution in [0.5, 0.6) is 0 Å². The van der Waals surface area contributed by atoms with Gasteiger partial charge in [0.1, 0.15) is 5.82 Å². The number of hydrogen-bond donors (Lipinski definition) is 0. The van der Waals surface area contributed by atoms with Gasteiger partial charge in [-0.3, -0.25) is 4.57 Å². The molecule has 0 atom stereocenters. The summed E-state index contributed by atoms with van der Waals surface area (Å²) in [5.41, 5.74) is 10.6. The Labute approximate surface area is 287 Å². The van der Waals surface area contributed by atoms with Gasteiger partial charge in [0.15, 0.2) is 0 Å². The minimum absolute atomic E-state index is 0.847. The van der Waals surface area contributed by atoms with Crippen molar-refractivity contribution in [3.8, 4) is 11.4 Å². The number of nitrogens with zero attached hydrogens (tertiary/aromatic N) is 4. The van der Waals surface area contributed by atoms with Crippen LogP contribution in [-0.2, 0) is 0 Å². The van der Waals surface area contributed by atoms with Crippen LogP contribution in [-0.4, -0.2) is 20.3 Å². The molecule has 4 aromatic heterocycles. The predicted molar refractivity (Wildman–Crippen MR) is 214 cm³/mol. The van der Waals surface area contributed by atoms with E-state index in [-0.39, 0.29) is 0 Å². The summed E-state index contributed by atoms with van der Waals surface area (Å²) < 4.78 is 7.21. The van der Waals surface area contributed by atoms with Crippen molar-refractivity contribution in [3.63, 3.8) is 0 Å². The Balaban J connectivity index is 1.29. The van der Waals surface area contributed by atoms with Crippen LogP contribution >= 0.6 is 0 Å². The zero-order chi connectivity index (χ0) is 33.1. The maximum Gasteiger partial charge on any atom is 0.144 e. The lowest BCUT2D eigenvalue weighted by atomic mass is 10.0. The Hall–Kier alpha value is -6.65. The second kappa shape index (κ2) is 9.94. The molecule has 7 aromatic carbocycles. The van der Waals surface area contributed by atoms with Crippen molar-refractivity contribution in [3.05, 3.63) is 151 Å². The van der Waals surface area contributed by atoms with E-state index in [1.165, 1.54) is 70.7 Å². The van der Waals surface area contributed by atoms with E-state index in [1.807, 2.05) is 6.92 Å². The number of aromatic nitrogens is 3. The van der Waals surface area contributed by atoms with E-state index in [0.29, 0.717) is 0 Å². The minimum Gasteiger partial charge on any atom is -0.308 e. The van der Waals surface area contributed by atoms with Crippen LogP contribution in [0, 0.1) is 0 Å². The summed E-state index contributed by atoms with van der Waals surface area (Å²) in [6, 6.07) is 51.0. The molecule has 0 aliphatic rings. The predicted octanol–water partition coefficient (Wildman–Crippen LogP) is 12.4. The molecule has 0 saturated heterocycles. The Morgan fingerprint density at radius 1 is 0.500 bits per heavy atom. The molecule has 0 bridgehead atoms. The summed E-state index contributed by atoms with van der Waals surface area (Å²) in [7, 11) is 0. The Morgan fingerprint density at radius 2 is 1.10 bits per heavy atom. The largest absolute Gasteiger partial charge is 0.308 e. The van der Waals surface area contributed by atoms with E-state index in [9.17, 15) is 0 Å². The number of rotatable bonds is 4. The molecule has 11 aromatic rings. The van der Waals surface area contributed by atoms with Crippen LogP contribution in [0.25, 0.3) is 99.0 Å². The molecular weight excluding hydrogens is 609 g/mol. The number of fused-ring (bicyclic) bond motifs is 13. The van der Waals surface area contributed by atoms with Crippen molar-refractivity contribution in [2.24, 2.45) is 4.99 Å². The smallest absolute Gasteiger partial charge is 0.144 e. The molecule has 4 heteroatoms. The van der Waals surface area contributed by atoms with E-state index in [0.717, 1.165) is 33.7 Å². The fourth-order valence-electron chi connectivity index (χ4n) is 8.77. The molecular formula is C46H30N4. The second-order valence-corrected chi connectivity index (χ2v) is 13.2. The van der Waals surface area contributed by atoms with Gasteiger partial charge in [0.05, 0.1) is 33.1 Å². The van der Waals surface area contributed by atoms with Gasteiger partial charge in [0, 0.05) is 60.0 Å². The number of benzene rings is 7. The molecule has 4 nitrogen and oxygen atoms in total. The third kappa shape index (κ3) is 3.37. The molecule has 11 rings (SSSR count). The fraction of sp³-hybridized carbons (Fsp3) is 0.0217. The van der Waals surface area contributed by atoms with Gasteiger partial charge in [0.25, 0.3) is 0 Å². The van der Waals surface area contributed by atoms with Crippen LogP contribution in [0.3, 0.4) is 0 Å². The number of hydrogen-bond acceptors (Lipinski definition) is 1. The Kier molecular flexibility index (Phi) is 5.43. The van der Waals surface area contributed by atoms with Crippen LogP contribution < -0.4 is 0 Å². The van der Waals surface area contributed by atoms with Gasteiger partial charge in [-0.15, -0.1) is 0 Å². The van der Waals surface area contributed by atoms with Gasteiger partial charge >= 0.3 is 0 Å². The van der Waals surface area contributed by atoms with Gasteiger partial charge in [0.2, 0.25) is 0 Å². The van der Waals surface area contributed by atoms with E-state index >= 15 is 0 Å². The molecule has 0 saturated carbocycles. The van der Waals surface area contributed by atoms with Crippen LogP contribution in [0.2, 0.25) is 0 Å². The summed E-state index contributed by atoms with van der Waals surface area (Å²) >= 11 is 0. The highest BCUT2D eigenvalue weighted by Crippen LogP contribution is 2.47. The molecule has 0 fully saturated rings. The molecule has 50 heavy (non-hydrogen) atoms. The van der Waals surface area contributed by atoms with Gasteiger partial charge in [-0.05, 0) is 67.6 Å². The zero-order valence-electron chi connectivity index (χ0n) is 27.4. The van der Waals surface area contributed by atoms with E-state index in [4.69, 9.17) is 0 Å². The highest BCUT2D eigenvalue weighted by Gasteiger charge is 2.25. The lowest BCUT2D eigenvalue weighted by Gasteiger charge is -2.13. The summed E-state index contributed by atoms with van der Waals surface area (Å²) in [5, 5.41) is 11.3. The van der Waals surface area contributed by atoms with Crippen molar-refractivity contribution in [2.45, 2.75) is 6.92 Å². The third-order valence-electron chi connectivity index (χ3n) is 10.7. The standard InChI is InChI=1S/C46H30N4/c1-3-12-35-32-15-6-9-18-39(32)48(46(35)47-2)29-22-24-30(25-23-29)49-43-31-14-5-4-13-28(31)21-26-34(43)38-27-37-33-16-7-10-19-40(33)50-41-20-11-8-17-36(41)42(44(38)49)45(37)50/h3-27H,2H2,1H3/b12-3-. The van der Waals surface area contributed by atoms with Crippen molar-refractivity contribution in [1.29, 1.82) is 0 Å². The quantitative estimate of drug-likeness (QED) is 0.172. The Bertz CT molecular complexity index is 3220. The SMILES string of the molecule is C=Nc1c(/C=C\C)c2ccccc2n1-c1ccc(-n2c3c4ccccc4ccc3c3cc4c5ccccc5n5c6ccccc6c(c32)c45)cc1. The van der Waals surface area contributed by atoms with Crippen molar-refractivity contribution in [2.75, 3.05) is 0 Å². The van der Waals surface area contributed by atoms with E-state index in [2.05, 4.69) is 177 Å². The van der Waals surface area contributed by atoms with Gasteiger partial charge in [-0.2, -0.15) is 0 Å². The van der Waals surface area contributed by atoms with Crippen LogP contribution in [0.15, 0.2) is 151 Å². The molecule has 0 radical (unpaired) electrons. The first-order valence-corrected chi connectivity index (χ1v) is 17.1. The zero-order valence-corrected chi connectivity index (χ0v) is 27.4. The number of aliphatic imine (C=N–C) groups is 1. The highest BCUT2D eigenvalue weighted by molar-refractivity contribution is 6.35. The summed E-state index contributed by atoms with van der Waals surface area (Å²) in [5.74, 6) is 0.847. The molecule has 0 aliphatic carbocycles. The molecule has 234 valence electrons. The molecule has 4 heterocycles. The molecule has 0 aliphatic heterocycles. The van der Waals surface area contributed by atoms with E-state index in [1.54, 1.807) is 0 Å². The third-order valence-corrected chi connectivity index (χ3v) is 10.7. The summed E-state index contributed by atoms with van der Waals surface area (Å²) in [6.45, 7) is 6.02. The Morgan fingerprint density at radius 3 is 1.84 bits per heavy atom. The van der Waals surface area contributed by atoms with Gasteiger partial charge in [-0.25, -0.2) is 4.99 Å². The molecule has 0 N–H and O–H groups in total. The van der Waals surface area contributed by atoms with Crippen LogP contribution in [0.1, 0.15) is 12.5 Å². The maximum atomic E-state index is 4.54.